The Labute approximate surface area is 126 Å². The maximum absolute atomic E-state index is 12.1. The normalized spacial score (nSPS) is 13.8. The van der Waals surface area contributed by atoms with Gasteiger partial charge in [-0.3, -0.25) is 9.00 Å². The molecule has 0 aromatic heterocycles. The molecule has 5 heteroatoms. The van der Waals surface area contributed by atoms with Gasteiger partial charge in [-0.1, -0.05) is 31.2 Å². The van der Waals surface area contributed by atoms with Crippen molar-refractivity contribution in [2.45, 2.75) is 18.6 Å². The largest absolute Gasteiger partial charge is 0.507 e. The van der Waals surface area contributed by atoms with E-state index in [4.69, 9.17) is 0 Å². The maximum Gasteiger partial charge on any atom is 0.255 e. The monoisotopic (exact) mass is 305 g/mol. The van der Waals surface area contributed by atoms with Gasteiger partial charge < -0.3 is 10.4 Å². The quantitative estimate of drug-likeness (QED) is 0.891. The van der Waals surface area contributed by atoms with Crippen LogP contribution in [0, 0.1) is 0 Å². The first-order chi connectivity index (χ1) is 9.99. The molecule has 0 saturated carbocycles. The van der Waals surface area contributed by atoms with Crippen LogP contribution in [-0.4, -0.2) is 33.3 Å². The van der Waals surface area contributed by atoms with Crippen LogP contribution in [0.4, 0.5) is 0 Å². The summed E-state index contributed by atoms with van der Waals surface area (Å²) < 4.78 is 11.2. The van der Waals surface area contributed by atoms with Gasteiger partial charge in [0.05, 0.1) is 5.56 Å². The van der Waals surface area contributed by atoms with Crippen LogP contribution < -0.4 is 5.32 Å². The minimum atomic E-state index is -0.893. The Kier molecular flexibility index (Phi) is 4.96. The van der Waals surface area contributed by atoms with Crippen LogP contribution >= 0.6 is 0 Å². The summed E-state index contributed by atoms with van der Waals surface area (Å²) in [6, 6.07) is 10.8. The molecule has 4 nitrogen and oxygen atoms in total. The fraction of sp³-hybridized carbons (Fsp3) is 0.312. The Morgan fingerprint density at radius 2 is 1.90 bits per heavy atom. The lowest BCUT2D eigenvalue weighted by molar-refractivity contribution is 0.0951. The molecule has 2 aromatic carbocycles. The summed E-state index contributed by atoms with van der Waals surface area (Å²) >= 11 is 0. The van der Waals surface area contributed by atoms with E-state index in [0.717, 1.165) is 10.8 Å². The number of phenolic OH excluding ortho intramolecular Hbond substituents is 1. The van der Waals surface area contributed by atoms with E-state index in [1.807, 2.05) is 31.2 Å². The predicted octanol–water partition coefficient (Wildman–Crippen LogP) is 2.43. The van der Waals surface area contributed by atoms with Crippen molar-refractivity contribution < 1.29 is 14.1 Å². The van der Waals surface area contributed by atoms with Crippen LogP contribution in [0.2, 0.25) is 0 Å². The highest BCUT2D eigenvalue weighted by Gasteiger charge is 2.13. The van der Waals surface area contributed by atoms with Gasteiger partial charge in [-0.25, -0.2) is 0 Å². The number of hydrogen-bond donors (Lipinski definition) is 2. The molecule has 0 spiro atoms. The molecule has 0 fully saturated rings. The number of phenols is 1. The van der Waals surface area contributed by atoms with Crippen LogP contribution in [-0.2, 0) is 10.8 Å². The number of carbonyl (C=O) groups is 1. The van der Waals surface area contributed by atoms with Crippen molar-refractivity contribution in [2.24, 2.45) is 0 Å². The number of benzene rings is 2. The number of aromatic hydroxyl groups is 1. The molecule has 2 atom stereocenters. The van der Waals surface area contributed by atoms with E-state index in [1.54, 1.807) is 18.4 Å². The number of hydrogen-bond acceptors (Lipinski definition) is 3. The third-order valence-corrected chi connectivity index (χ3v) is 4.88. The van der Waals surface area contributed by atoms with Gasteiger partial charge in [-0.2, -0.15) is 0 Å². The van der Waals surface area contributed by atoms with E-state index in [-0.39, 0.29) is 22.5 Å². The van der Waals surface area contributed by atoms with E-state index >= 15 is 0 Å². The summed E-state index contributed by atoms with van der Waals surface area (Å²) in [6.07, 6.45) is 2.30. The van der Waals surface area contributed by atoms with Gasteiger partial charge in [0.25, 0.3) is 5.91 Å². The van der Waals surface area contributed by atoms with Gasteiger partial charge in [0, 0.05) is 28.9 Å². The first-order valence-corrected chi connectivity index (χ1v) is 8.43. The third kappa shape index (κ3) is 3.82. The Balaban J connectivity index is 2.09. The highest BCUT2D eigenvalue weighted by atomic mass is 32.2. The summed E-state index contributed by atoms with van der Waals surface area (Å²) in [5.41, 5.74) is 0.263. The lowest BCUT2D eigenvalue weighted by atomic mass is 10.1. The summed E-state index contributed by atoms with van der Waals surface area (Å²) in [7, 11) is -0.893. The molecule has 2 unspecified atom stereocenters. The fourth-order valence-electron chi connectivity index (χ4n) is 2.06. The number of rotatable bonds is 5. The minimum absolute atomic E-state index is 0.0293. The molecule has 0 bridgehead atoms. The van der Waals surface area contributed by atoms with Crippen molar-refractivity contribution in [1.82, 2.24) is 5.32 Å². The van der Waals surface area contributed by atoms with Gasteiger partial charge in [-0.15, -0.1) is 0 Å². The van der Waals surface area contributed by atoms with Crippen molar-refractivity contribution in [3.8, 4) is 5.75 Å². The van der Waals surface area contributed by atoms with Gasteiger partial charge in [0.2, 0.25) is 0 Å². The van der Waals surface area contributed by atoms with Gasteiger partial charge in [-0.05, 0) is 29.3 Å². The van der Waals surface area contributed by atoms with Crippen molar-refractivity contribution in [3.63, 3.8) is 0 Å². The van der Waals surface area contributed by atoms with Crippen molar-refractivity contribution in [3.05, 3.63) is 42.0 Å². The topological polar surface area (TPSA) is 66.4 Å². The Bertz CT molecular complexity index is 684. The van der Waals surface area contributed by atoms with E-state index in [2.05, 4.69) is 5.32 Å². The fourth-order valence-corrected chi connectivity index (χ4v) is 2.51. The van der Waals surface area contributed by atoms with Crippen LogP contribution in [0.15, 0.2) is 36.4 Å². The first-order valence-electron chi connectivity index (χ1n) is 6.81. The third-order valence-electron chi connectivity index (χ3n) is 3.51. The molecular weight excluding hydrogens is 286 g/mol. The molecule has 2 rings (SSSR count). The van der Waals surface area contributed by atoms with E-state index in [0.29, 0.717) is 13.0 Å². The summed E-state index contributed by atoms with van der Waals surface area (Å²) in [6.45, 7) is 2.32. The number of fused-ring (bicyclic) bond motifs is 1. The Hall–Kier alpha value is -1.88. The summed E-state index contributed by atoms with van der Waals surface area (Å²) in [4.78, 5) is 12.1. The Morgan fingerprint density at radius 3 is 2.52 bits per heavy atom. The van der Waals surface area contributed by atoms with Crippen molar-refractivity contribution >= 4 is 27.5 Å². The van der Waals surface area contributed by atoms with Gasteiger partial charge in [0.15, 0.2) is 0 Å². The molecular formula is C16H19NO3S. The zero-order valence-electron chi connectivity index (χ0n) is 12.1. The van der Waals surface area contributed by atoms with Crippen LogP contribution in [0.25, 0.3) is 10.8 Å². The smallest absolute Gasteiger partial charge is 0.255 e. The molecule has 0 heterocycles. The predicted molar refractivity (Wildman–Crippen MR) is 86.1 cm³/mol. The highest BCUT2D eigenvalue weighted by molar-refractivity contribution is 7.84. The molecule has 0 aliphatic carbocycles. The molecule has 0 radical (unpaired) electrons. The molecule has 2 aromatic rings. The van der Waals surface area contributed by atoms with Crippen LogP contribution in [0.1, 0.15) is 23.7 Å². The number of carbonyl (C=O) groups excluding carboxylic acids is 1. The second-order valence-corrected chi connectivity index (χ2v) is 6.87. The second kappa shape index (κ2) is 6.72. The van der Waals surface area contributed by atoms with Crippen LogP contribution in [0.5, 0.6) is 5.75 Å². The number of amides is 1. The van der Waals surface area contributed by atoms with Crippen LogP contribution in [0.3, 0.4) is 0 Å². The first kappa shape index (κ1) is 15.5. The lowest BCUT2D eigenvalue weighted by Crippen LogP contribution is -2.27. The number of nitrogens with one attached hydrogen (secondary N) is 1. The zero-order chi connectivity index (χ0) is 15.4. The molecule has 2 N–H and O–H groups in total. The summed E-state index contributed by atoms with van der Waals surface area (Å²) in [5.74, 6) is -0.342. The van der Waals surface area contributed by atoms with E-state index < -0.39 is 10.8 Å². The molecule has 112 valence electrons. The van der Waals surface area contributed by atoms with Gasteiger partial charge >= 0.3 is 0 Å². The standard InChI is InChI=1S/C16H19NO3S/c1-11(21(2)20)7-8-17-16(19)14-9-12-5-3-4-6-13(12)10-15(14)18/h3-6,9-11,18H,7-8H2,1-2H3,(H,17,19). The summed E-state index contributed by atoms with van der Waals surface area (Å²) in [5, 5.41) is 14.6. The molecule has 21 heavy (non-hydrogen) atoms. The molecule has 0 aliphatic rings. The average molecular weight is 305 g/mol. The average Bonchev–Trinajstić information content (AvgIpc) is 2.46. The SMILES string of the molecule is CC(CCNC(=O)c1cc2ccccc2cc1O)S(C)=O. The second-order valence-electron chi connectivity index (χ2n) is 5.07. The maximum atomic E-state index is 12.1. The minimum Gasteiger partial charge on any atom is -0.507 e. The molecule has 1 amide bonds. The Morgan fingerprint density at radius 1 is 1.29 bits per heavy atom. The highest BCUT2D eigenvalue weighted by Crippen LogP contribution is 2.24. The van der Waals surface area contributed by atoms with E-state index in [9.17, 15) is 14.1 Å². The van der Waals surface area contributed by atoms with E-state index in [1.165, 1.54) is 0 Å². The van der Waals surface area contributed by atoms with Crippen molar-refractivity contribution in [1.29, 1.82) is 0 Å². The lowest BCUT2D eigenvalue weighted by Gasteiger charge is -2.11. The molecule has 0 saturated heterocycles. The van der Waals surface area contributed by atoms with Gasteiger partial charge in [0.1, 0.15) is 5.75 Å². The zero-order valence-corrected chi connectivity index (χ0v) is 12.9. The molecule has 0 aliphatic heterocycles. The van der Waals surface area contributed by atoms with Crippen molar-refractivity contribution in [2.75, 3.05) is 12.8 Å².